The molecule has 4 rings (SSSR count). The van der Waals surface area contributed by atoms with Gasteiger partial charge in [0.05, 0.1) is 16.8 Å². The van der Waals surface area contributed by atoms with E-state index < -0.39 is 46.3 Å². The summed E-state index contributed by atoms with van der Waals surface area (Å²) in [5.74, 6) is -3.92. The highest BCUT2D eigenvalue weighted by atomic mass is 79.9. The summed E-state index contributed by atoms with van der Waals surface area (Å²) in [5, 5.41) is 13.2. The maximum atomic E-state index is 13.9. The highest BCUT2D eigenvalue weighted by Crippen LogP contribution is 2.44. The van der Waals surface area contributed by atoms with Crippen molar-refractivity contribution in [2.45, 2.75) is 35.0 Å². The average molecular weight is 690 g/mol. The van der Waals surface area contributed by atoms with Gasteiger partial charge in [-0.25, -0.2) is 5.01 Å². The fourth-order valence-corrected chi connectivity index (χ4v) is 6.36. The SMILES string of the molecule is O=C(c1ccc(Cl)cc1)[C@H](CCCl)N(C(=O)c1ccc([N+](=O)[O-])cc1)N1C(=O)[C@@H]2C[C@@H](Br)[C@@H](Br)C[C@H]2C1=O. The molecule has 1 heterocycles. The minimum absolute atomic E-state index is 0.0358. The van der Waals surface area contributed by atoms with Crippen molar-refractivity contribution in [3.63, 3.8) is 0 Å². The summed E-state index contributed by atoms with van der Waals surface area (Å²) in [7, 11) is 0. The minimum atomic E-state index is -1.30. The van der Waals surface area contributed by atoms with Crippen molar-refractivity contribution in [3.05, 3.63) is 74.8 Å². The number of non-ortho nitro benzene ring substituents is 1. The number of ketones is 1. The fraction of sp³-hybridized carbons (Fsp3) is 0.360. The van der Waals surface area contributed by atoms with Crippen LogP contribution in [0.2, 0.25) is 5.02 Å². The maximum absolute atomic E-state index is 13.9. The van der Waals surface area contributed by atoms with Crippen molar-refractivity contribution in [2.24, 2.45) is 11.8 Å². The van der Waals surface area contributed by atoms with Gasteiger partial charge in [-0.1, -0.05) is 43.5 Å². The van der Waals surface area contributed by atoms with Crippen molar-refractivity contribution in [1.82, 2.24) is 10.0 Å². The molecular formula is C25H21Br2Cl2N3O6. The number of hydrazine groups is 1. The number of carbonyl (C=O) groups excluding carboxylic acids is 4. The van der Waals surface area contributed by atoms with Crippen LogP contribution in [-0.4, -0.2) is 60.0 Å². The van der Waals surface area contributed by atoms with Gasteiger partial charge in [-0.2, -0.15) is 5.01 Å². The van der Waals surface area contributed by atoms with Crippen molar-refractivity contribution in [1.29, 1.82) is 0 Å². The molecule has 2 aromatic rings. The number of nitrogens with zero attached hydrogens (tertiary/aromatic N) is 3. The van der Waals surface area contributed by atoms with E-state index in [-0.39, 0.29) is 38.8 Å². The van der Waals surface area contributed by atoms with Gasteiger partial charge in [-0.15, -0.1) is 11.6 Å². The first-order valence-corrected chi connectivity index (χ1v) is 14.4. The lowest BCUT2D eigenvalue weighted by atomic mass is 9.81. The lowest BCUT2D eigenvalue weighted by Crippen LogP contribution is -2.57. The van der Waals surface area contributed by atoms with Gasteiger partial charge in [-0.05, 0) is 55.7 Å². The van der Waals surface area contributed by atoms with E-state index in [1.54, 1.807) is 0 Å². The summed E-state index contributed by atoms with van der Waals surface area (Å²) < 4.78 is 0. The van der Waals surface area contributed by atoms with Crippen LogP contribution < -0.4 is 0 Å². The van der Waals surface area contributed by atoms with E-state index in [0.717, 1.165) is 22.2 Å². The zero-order valence-electron chi connectivity index (χ0n) is 19.6. The monoisotopic (exact) mass is 687 g/mol. The predicted octanol–water partition coefficient (Wildman–Crippen LogP) is 5.41. The van der Waals surface area contributed by atoms with Crippen LogP contribution in [0, 0.1) is 22.0 Å². The summed E-state index contributed by atoms with van der Waals surface area (Å²) in [4.78, 5) is 65.3. The average Bonchev–Trinajstić information content (AvgIpc) is 3.13. The molecule has 1 saturated carbocycles. The Kier molecular flexibility index (Phi) is 8.91. The number of fused-ring (bicyclic) bond motifs is 1. The maximum Gasteiger partial charge on any atom is 0.273 e. The van der Waals surface area contributed by atoms with Crippen LogP contribution in [0.5, 0.6) is 0 Å². The first-order valence-electron chi connectivity index (χ1n) is 11.6. The van der Waals surface area contributed by atoms with E-state index in [0.29, 0.717) is 17.9 Å². The van der Waals surface area contributed by atoms with E-state index in [9.17, 15) is 29.3 Å². The van der Waals surface area contributed by atoms with Crippen molar-refractivity contribution in [2.75, 3.05) is 5.88 Å². The number of nitro groups is 1. The number of Topliss-reactive ketones (excluding diaryl/α,β-unsaturated/α-hetero) is 1. The Labute approximate surface area is 244 Å². The summed E-state index contributed by atoms with van der Waals surface area (Å²) in [6.45, 7) is 0. The van der Waals surface area contributed by atoms with Crippen LogP contribution in [0.25, 0.3) is 0 Å². The Balaban J connectivity index is 1.80. The van der Waals surface area contributed by atoms with E-state index in [4.69, 9.17) is 23.2 Å². The molecule has 2 fully saturated rings. The lowest BCUT2D eigenvalue weighted by Gasteiger charge is -2.36. The quantitative estimate of drug-likeness (QED) is 0.120. The van der Waals surface area contributed by atoms with Crippen LogP contribution in [0.3, 0.4) is 0 Å². The summed E-state index contributed by atoms with van der Waals surface area (Å²) in [5.41, 5.74) is -0.0661. The molecule has 2 aromatic carbocycles. The molecule has 5 atom stereocenters. The second-order valence-electron chi connectivity index (χ2n) is 9.02. The Bertz CT molecular complexity index is 1250. The number of hydrogen-bond donors (Lipinski definition) is 0. The standard InChI is InChI=1S/C25H21Br2Cl2N3O6/c26-19-11-17-18(12-20(19)27)25(36)31(24(17)35)30(23(34)14-3-7-16(8-4-14)32(37)38)21(9-10-28)22(33)13-1-5-15(29)6-2-13/h1-8,17-21H,9-12H2/t17-,18-,19-,20+,21+/m1/s1. The molecule has 1 aliphatic heterocycles. The van der Waals surface area contributed by atoms with Gasteiger partial charge in [0.25, 0.3) is 23.4 Å². The van der Waals surface area contributed by atoms with Crippen LogP contribution in [0.15, 0.2) is 48.5 Å². The first kappa shape index (κ1) is 28.7. The highest BCUT2D eigenvalue weighted by molar-refractivity contribution is 9.12. The molecule has 200 valence electrons. The number of rotatable bonds is 8. The summed E-state index contributed by atoms with van der Waals surface area (Å²) in [6.07, 6.45) is 0.676. The second-order valence-corrected chi connectivity index (χ2v) is 12.2. The normalized spacial score (nSPS) is 23.6. The van der Waals surface area contributed by atoms with Crippen LogP contribution >= 0.6 is 55.1 Å². The Morgan fingerprint density at radius 2 is 1.47 bits per heavy atom. The molecule has 0 aromatic heterocycles. The Morgan fingerprint density at radius 3 is 1.95 bits per heavy atom. The molecule has 1 aliphatic carbocycles. The van der Waals surface area contributed by atoms with Gasteiger partial charge in [0.2, 0.25) is 0 Å². The second kappa shape index (κ2) is 11.8. The molecule has 3 amide bonds. The number of carbonyl (C=O) groups is 4. The lowest BCUT2D eigenvalue weighted by molar-refractivity contribution is -0.384. The van der Waals surface area contributed by atoms with Crippen molar-refractivity contribution < 1.29 is 24.1 Å². The first-order chi connectivity index (χ1) is 18.0. The summed E-state index contributed by atoms with van der Waals surface area (Å²) in [6, 6.07) is 9.42. The Morgan fingerprint density at radius 1 is 0.974 bits per heavy atom. The van der Waals surface area contributed by atoms with Gasteiger partial charge in [0.1, 0.15) is 6.04 Å². The predicted molar refractivity (Wildman–Crippen MR) is 148 cm³/mol. The van der Waals surface area contributed by atoms with Crippen molar-refractivity contribution >= 4 is 84.3 Å². The van der Waals surface area contributed by atoms with Gasteiger partial charge < -0.3 is 0 Å². The van der Waals surface area contributed by atoms with Crippen LogP contribution in [-0.2, 0) is 9.59 Å². The smallest absolute Gasteiger partial charge is 0.273 e. The molecule has 0 spiro atoms. The van der Waals surface area contributed by atoms with E-state index in [1.807, 2.05) is 0 Å². The van der Waals surface area contributed by atoms with Gasteiger partial charge in [0.15, 0.2) is 5.78 Å². The number of amides is 3. The molecule has 0 N–H and O–H groups in total. The van der Waals surface area contributed by atoms with E-state index in [2.05, 4.69) is 31.9 Å². The summed E-state index contributed by atoms with van der Waals surface area (Å²) >= 11 is 19.1. The third-order valence-electron chi connectivity index (χ3n) is 6.75. The number of alkyl halides is 3. The van der Waals surface area contributed by atoms with Crippen LogP contribution in [0.4, 0.5) is 5.69 Å². The Hall–Kier alpha value is -2.34. The molecule has 0 radical (unpaired) electrons. The number of nitro benzene ring substituents is 1. The van der Waals surface area contributed by atoms with E-state index >= 15 is 0 Å². The molecule has 0 unspecified atom stereocenters. The molecule has 1 saturated heterocycles. The molecule has 13 heteroatoms. The van der Waals surface area contributed by atoms with Gasteiger partial charge >= 0.3 is 0 Å². The fourth-order valence-electron chi connectivity index (χ4n) is 4.79. The third-order valence-corrected chi connectivity index (χ3v) is 9.95. The van der Waals surface area contributed by atoms with Gasteiger partial charge in [-0.3, -0.25) is 29.3 Å². The highest BCUT2D eigenvalue weighted by Gasteiger charge is 2.56. The number of halogens is 4. The van der Waals surface area contributed by atoms with Crippen molar-refractivity contribution in [3.8, 4) is 0 Å². The van der Waals surface area contributed by atoms with E-state index in [1.165, 1.54) is 36.4 Å². The molecular weight excluding hydrogens is 669 g/mol. The number of benzene rings is 2. The molecule has 9 nitrogen and oxygen atoms in total. The zero-order valence-corrected chi connectivity index (χ0v) is 24.3. The topological polar surface area (TPSA) is 118 Å². The third kappa shape index (κ3) is 5.52. The number of imide groups is 1. The number of hydrogen-bond acceptors (Lipinski definition) is 6. The van der Waals surface area contributed by atoms with Gasteiger partial charge in [0, 0.05) is 43.8 Å². The zero-order chi connectivity index (χ0) is 27.7. The van der Waals surface area contributed by atoms with Crippen LogP contribution in [0.1, 0.15) is 40.0 Å². The largest absolute Gasteiger partial charge is 0.292 e. The molecule has 38 heavy (non-hydrogen) atoms. The minimum Gasteiger partial charge on any atom is -0.292 e. The molecule has 0 bridgehead atoms. The molecule has 2 aliphatic rings.